The van der Waals surface area contributed by atoms with Crippen molar-refractivity contribution in [1.82, 2.24) is 4.90 Å². The number of benzene rings is 1. The average molecular weight is 281 g/mol. The third kappa shape index (κ3) is 3.03. The first kappa shape index (κ1) is 14.2. The molecule has 0 aliphatic carbocycles. The molecule has 104 valence electrons. The fourth-order valence-corrected chi connectivity index (χ4v) is 2.64. The number of hydrogen-bond donors (Lipinski definition) is 0. The molecule has 0 aromatic heterocycles. The Morgan fingerprint density at radius 1 is 1.21 bits per heavy atom. The number of carbonyl (C=O) groups excluding carboxylic acids is 1. The Bertz CT molecular complexity index is 465. The molecule has 0 bridgehead atoms. The first-order chi connectivity index (χ1) is 9.00. The number of rotatable bonds is 2. The van der Waals surface area contributed by atoms with Crippen LogP contribution in [0.4, 0.5) is 5.69 Å². The largest absolute Gasteiger partial charge is 0.368 e. The van der Waals surface area contributed by atoms with Crippen molar-refractivity contribution in [2.45, 2.75) is 26.1 Å². The zero-order valence-electron chi connectivity index (χ0n) is 11.8. The summed E-state index contributed by atoms with van der Waals surface area (Å²) in [4.78, 5) is 16.1. The molecule has 1 saturated heterocycles. The number of piperazine rings is 1. The van der Waals surface area contributed by atoms with E-state index >= 15 is 0 Å². The molecule has 1 amide bonds. The highest BCUT2D eigenvalue weighted by Crippen LogP contribution is 2.24. The first-order valence-corrected chi connectivity index (χ1v) is 7.18. The molecule has 1 aromatic carbocycles. The van der Waals surface area contributed by atoms with Crippen LogP contribution < -0.4 is 4.90 Å². The Morgan fingerprint density at radius 2 is 1.84 bits per heavy atom. The van der Waals surface area contributed by atoms with Crippen LogP contribution in [0.5, 0.6) is 0 Å². The minimum absolute atomic E-state index is 0.0438. The summed E-state index contributed by atoms with van der Waals surface area (Å²) >= 11 is 5.86. The number of amides is 1. The van der Waals surface area contributed by atoms with Gasteiger partial charge in [-0.15, -0.1) is 11.6 Å². The average Bonchev–Trinajstić information content (AvgIpc) is 2.41. The predicted molar refractivity (Wildman–Crippen MR) is 80.0 cm³/mol. The number of nitrogens with zero attached hydrogens (tertiary/aromatic N) is 2. The van der Waals surface area contributed by atoms with Gasteiger partial charge in [-0.2, -0.15) is 0 Å². The first-order valence-electron chi connectivity index (χ1n) is 6.74. The van der Waals surface area contributed by atoms with E-state index in [2.05, 4.69) is 36.9 Å². The van der Waals surface area contributed by atoms with Gasteiger partial charge in [-0.05, 0) is 38.0 Å². The van der Waals surface area contributed by atoms with Gasteiger partial charge in [-0.1, -0.05) is 12.1 Å². The van der Waals surface area contributed by atoms with E-state index in [1.54, 1.807) is 6.92 Å². The Hall–Kier alpha value is -1.22. The topological polar surface area (TPSA) is 23.6 Å². The maximum absolute atomic E-state index is 11.8. The quantitative estimate of drug-likeness (QED) is 0.778. The lowest BCUT2D eigenvalue weighted by atomic mass is 10.1. The lowest BCUT2D eigenvalue weighted by Gasteiger charge is -2.37. The summed E-state index contributed by atoms with van der Waals surface area (Å²) in [5.74, 6) is 0.0438. The maximum atomic E-state index is 11.8. The molecule has 1 fully saturated rings. The zero-order valence-corrected chi connectivity index (χ0v) is 12.6. The van der Waals surface area contributed by atoms with Gasteiger partial charge in [0.15, 0.2) is 0 Å². The highest BCUT2D eigenvalue weighted by atomic mass is 35.5. The van der Waals surface area contributed by atoms with Crippen molar-refractivity contribution in [2.75, 3.05) is 31.1 Å². The maximum Gasteiger partial charge on any atom is 0.240 e. The van der Waals surface area contributed by atoms with Crippen LogP contribution in [0.3, 0.4) is 0 Å². The number of alkyl halides is 1. The van der Waals surface area contributed by atoms with Crippen LogP contribution in [0.25, 0.3) is 0 Å². The highest BCUT2D eigenvalue weighted by molar-refractivity contribution is 6.30. The Balaban J connectivity index is 2.04. The van der Waals surface area contributed by atoms with Crippen LogP contribution in [0, 0.1) is 13.8 Å². The number of hydrogen-bond acceptors (Lipinski definition) is 2. The van der Waals surface area contributed by atoms with Gasteiger partial charge in [0.1, 0.15) is 5.38 Å². The second kappa shape index (κ2) is 5.83. The van der Waals surface area contributed by atoms with Crippen LogP contribution in [0.15, 0.2) is 18.2 Å². The van der Waals surface area contributed by atoms with Crippen LogP contribution in [-0.2, 0) is 4.79 Å². The van der Waals surface area contributed by atoms with Crippen LogP contribution in [-0.4, -0.2) is 42.4 Å². The van der Waals surface area contributed by atoms with E-state index in [1.807, 2.05) is 4.90 Å². The van der Waals surface area contributed by atoms with E-state index in [9.17, 15) is 4.79 Å². The highest BCUT2D eigenvalue weighted by Gasteiger charge is 2.24. The van der Waals surface area contributed by atoms with Crippen LogP contribution >= 0.6 is 11.6 Å². The molecular weight excluding hydrogens is 260 g/mol. The van der Waals surface area contributed by atoms with E-state index in [1.165, 1.54) is 16.8 Å². The Morgan fingerprint density at radius 3 is 2.42 bits per heavy atom. The summed E-state index contributed by atoms with van der Waals surface area (Å²) in [5.41, 5.74) is 3.92. The van der Waals surface area contributed by atoms with Crippen molar-refractivity contribution in [1.29, 1.82) is 0 Å². The monoisotopic (exact) mass is 280 g/mol. The Kier molecular flexibility index (Phi) is 4.35. The van der Waals surface area contributed by atoms with Gasteiger partial charge in [-0.3, -0.25) is 4.79 Å². The smallest absolute Gasteiger partial charge is 0.240 e. The Labute approximate surface area is 120 Å². The van der Waals surface area contributed by atoms with Crippen molar-refractivity contribution in [3.63, 3.8) is 0 Å². The van der Waals surface area contributed by atoms with Crippen molar-refractivity contribution in [2.24, 2.45) is 0 Å². The lowest BCUT2D eigenvalue weighted by molar-refractivity contribution is -0.130. The minimum Gasteiger partial charge on any atom is -0.368 e. The molecule has 19 heavy (non-hydrogen) atoms. The zero-order chi connectivity index (χ0) is 14.0. The molecule has 3 nitrogen and oxygen atoms in total. The van der Waals surface area contributed by atoms with Crippen LogP contribution in [0.2, 0.25) is 0 Å². The molecule has 4 heteroatoms. The molecule has 0 spiro atoms. The third-order valence-corrected chi connectivity index (χ3v) is 4.04. The molecule has 1 heterocycles. The summed E-state index contributed by atoms with van der Waals surface area (Å²) in [6, 6.07) is 6.38. The summed E-state index contributed by atoms with van der Waals surface area (Å²) < 4.78 is 0. The van der Waals surface area contributed by atoms with Gasteiger partial charge in [0.2, 0.25) is 5.91 Å². The third-order valence-electron chi connectivity index (χ3n) is 3.85. The molecule has 0 saturated carbocycles. The molecule has 0 radical (unpaired) electrons. The SMILES string of the molecule is Cc1cccc(N2CCN(C(=O)[C@@H](C)Cl)CC2)c1C. The van der Waals surface area contributed by atoms with Gasteiger partial charge in [0.25, 0.3) is 0 Å². The predicted octanol–water partition coefficient (Wildman–Crippen LogP) is 2.58. The van der Waals surface area contributed by atoms with Gasteiger partial charge in [0.05, 0.1) is 0 Å². The number of aryl methyl sites for hydroxylation is 1. The normalized spacial score (nSPS) is 17.5. The van der Waals surface area contributed by atoms with Gasteiger partial charge in [-0.25, -0.2) is 0 Å². The second-order valence-electron chi connectivity index (χ2n) is 5.15. The molecule has 2 rings (SSSR count). The standard InChI is InChI=1S/C15H21ClN2O/c1-11-5-4-6-14(12(11)2)17-7-9-18(10-8-17)15(19)13(3)16/h4-6,13H,7-10H2,1-3H3/t13-/m1/s1. The second-order valence-corrected chi connectivity index (χ2v) is 5.80. The fraction of sp³-hybridized carbons (Fsp3) is 0.533. The summed E-state index contributed by atoms with van der Waals surface area (Å²) in [5, 5.41) is -0.424. The van der Waals surface area contributed by atoms with E-state index in [0.29, 0.717) is 0 Å². The van der Waals surface area contributed by atoms with E-state index in [-0.39, 0.29) is 5.91 Å². The van der Waals surface area contributed by atoms with Gasteiger partial charge >= 0.3 is 0 Å². The van der Waals surface area contributed by atoms with Crippen molar-refractivity contribution in [3.8, 4) is 0 Å². The summed E-state index contributed by atoms with van der Waals surface area (Å²) in [6.45, 7) is 9.28. The molecule has 0 unspecified atom stereocenters. The molecule has 1 aliphatic rings. The number of halogens is 1. The van der Waals surface area contributed by atoms with E-state index in [0.717, 1.165) is 26.2 Å². The summed E-state index contributed by atoms with van der Waals surface area (Å²) in [6.07, 6.45) is 0. The number of anilines is 1. The molecule has 1 atom stereocenters. The van der Waals surface area contributed by atoms with E-state index in [4.69, 9.17) is 11.6 Å². The van der Waals surface area contributed by atoms with Crippen molar-refractivity contribution >= 4 is 23.2 Å². The number of carbonyl (C=O) groups is 1. The molecular formula is C15H21ClN2O. The van der Waals surface area contributed by atoms with E-state index < -0.39 is 5.38 Å². The minimum atomic E-state index is -0.424. The van der Waals surface area contributed by atoms with Crippen molar-refractivity contribution < 1.29 is 4.79 Å². The summed E-state index contributed by atoms with van der Waals surface area (Å²) in [7, 11) is 0. The van der Waals surface area contributed by atoms with Crippen LogP contribution in [0.1, 0.15) is 18.1 Å². The molecule has 0 N–H and O–H groups in total. The van der Waals surface area contributed by atoms with Gasteiger partial charge < -0.3 is 9.80 Å². The molecule has 1 aromatic rings. The van der Waals surface area contributed by atoms with Gasteiger partial charge in [0, 0.05) is 31.9 Å². The fourth-order valence-electron chi connectivity index (χ4n) is 2.50. The van der Waals surface area contributed by atoms with Crippen molar-refractivity contribution in [3.05, 3.63) is 29.3 Å². The lowest BCUT2D eigenvalue weighted by Crippen LogP contribution is -2.50. The molecule has 1 aliphatic heterocycles.